The maximum atomic E-state index is 5.96. The van der Waals surface area contributed by atoms with Crippen LogP contribution in [-0.4, -0.2) is 21.3 Å². The molecule has 1 aromatic rings. The summed E-state index contributed by atoms with van der Waals surface area (Å²) in [5, 5.41) is 1.25. The number of hydrogen-bond donors (Lipinski definition) is 0. The van der Waals surface area contributed by atoms with Crippen LogP contribution in [0.3, 0.4) is 0 Å². The minimum absolute atomic E-state index is 1.23. The predicted molar refractivity (Wildman–Crippen MR) is 64.7 cm³/mol. The third kappa shape index (κ3) is 2.74. The standard InChI is InChI=1S/C10H20GeOSi/c1-11(2,3)9-7-8-10(12-9)13(4,5)6/h7-8H,1-6H3. The first-order valence-corrected chi connectivity index (χ1v) is 15.7. The molecule has 0 saturated carbocycles. The summed E-state index contributed by atoms with van der Waals surface area (Å²) in [6, 6.07) is 4.39. The average molecular weight is 257 g/mol. The summed E-state index contributed by atoms with van der Waals surface area (Å²) >= 11 is -1.72. The van der Waals surface area contributed by atoms with Crippen LogP contribution in [0.25, 0.3) is 0 Å². The molecule has 1 rings (SSSR count). The predicted octanol–water partition coefficient (Wildman–Crippen LogP) is 2.37. The Bertz CT molecular complexity index is 262. The van der Waals surface area contributed by atoms with Crippen molar-refractivity contribution in [3.8, 4) is 0 Å². The molecule has 0 atom stereocenters. The zero-order chi connectivity index (χ0) is 10.3. The van der Waals surface area contributed by atoms with E-state index in [4.69, 9.17) is 4.42 Å². The molecule has 13 heavy (non-hydrogen) atoms. The quantitative estimate of drug-likeness (QED) is 0.741. The molecular formula is C10H20GeOSi. The van der Waals surface area contributed by atoms with Crippen LogP contribution in [0.2, 0.25) is 36.9 Å². The van der Waals surface area contributed by atoms with E-state index in [1.807, 2.05) is 0 Å². The first-order valence-electron chi connectivity index (χ1n) is 4.82. The van der Waals surface area contributed by atoms with Gasteiger partial charge in [0.05, 0.1) is 0 Å². The second-order valence-corrected chi connectivity index (χ2v) is 21.1. The second-order valence-electron chi connectivity index (χ2n) is 5.66. The molecule has 1 heterocycles. The Morgan fingerprint density at radius 1 is 1.08 bits per heavy atom. The molecule has 74 valence electrons. The van der Waals surface area contributed by atoms with E-state index in [0.717, 1.165) is 0 Å². The molecule has 0 spiro atoms. The zero-order valence-electron chi connectivity index (χ0n) is 9.56. The molecule has 0 aliphatic carbocycles. The fourth-order valence-electron chi connectivity index (χ4n) is 1.14. The summed E-state index contributed by atoms with van der Waals surface area (Å²) < 4.78 is 7.25. The summed E-state index contributed by atoms with van der Waals surface area (Å²) in [5.74, 6) is 7.10. The van der Waals surface area contributed by atoms with Gasteiger partial charge < -0.3 is 0 Å². The van der Waals surface area contributed by atoms with Crippen molar-refractivity contribution in [3.05, 3.63) is 12.1 Å². The molecule has 0 aliphatic rings. The Morgan fingerprint density at radius 2 is 1.62 bits per heavy atom. The van der Waals surface area contributed by atoms with E-state index in [0.29, 0.717) is 0 Å². The van der Waals surface area contributed by atoms with Crippen LogP contribution in [0.5, 0.6) is 0 Å². The van der Waals surface area contributed by atoms with Crippen LogP contribution in [-0.2, 0) is 0 Å². The number of furan rings is 1. The van der Waals surface area contributed by atoms with E-state index in [9.17, 15) is 0 Å². The van der Waals surface area contributed by atoms with Gasteiger partial charge in [-0.1, -0.05) is 0 Å². The van der Waals surface area contributed by atoms with Gasteiger partial charge in [0.15, 0.2) is 0 Å². The van der Waals surface area contributed by atoms with Crippen molar-refractivity contribution < 1.29 is 4.42 Å². The number of rotatable bonds is 2. The van der Waals surface area contributed by atoms with Gasteiger partial charge in [0.1, 0.15) is 0 Å². The molecule has 0 aliphatic heterocycles. The summed E-state index contributed by atoms with van der Waals surface area (Å²) in [6.45, 7) is 6.97. The third-order valence-electron chi connectivity index (χ3n) is 2.08. The van der Waals surface area contributed by atoms with Crippen LogP contribution >= 0.6 is 0 Å². The second kappa shape index (κ2) is 3.31. The molecule has 0 bridgehead atoms. The SMILES string of the molecule is C[Si](C)(C)c1cc[c]([Ge]([CH3])([CH3])[CH3])o1. The van der Waals surface area contributed by atoms with Crippen LogP contribution in [0.4, 0.5) is 0 Å². The Morgan fingerprint density at radius 3 is 1.85 bits per heavy atom. The summed E-state index contributed by atoms with van der Waals surface area (Å²) in [6.07, 6.45) is 0. The van der Waals surface area contributed by atoms with E-state index in [1.54, 1.807) is 0 Å². The molecule has 1 aromatic heterocycles. The van der Waals surface area contributed by atoms with Crippen molar-refractivity contribution in [2.45, 2.75) is 36.9 Å². The van der Waals surface area contributed by atoms with Crippen molar-refractivity contribution >= 4 is 31.3 Å². The third-order valence-corrected chi connectivity index (χ3v) is 7.50. The molecule has 0 N–H and O–H groups in total. The Balaban J connectivity index is 3.01. The van der Waals surface area contributed by atoms with Crippen molar-refractivity contribution in [2.24, 2.45) is 0 Å². The molecule has 0 saturated heterocycles. The van der Waals surface area contributed by atoms with Crippen molar-refractivity contribution in [3.63, 3.8) is 0 Å². The first-order chi connectivity index (χ1) is 5.71. The van der Waals surface area contributed by atoms with Crippen molar-refractivity contribution in [1.29, 1.82) is 0 Å². The van der Waals surface area contributed by atoms with E-state index >= 15 is 0 Å². The molecule has 0 amide bonds. The average Bonchev–Trinajstić information content (AvgIpc) is 2.28. The minimum atomic E-state index is -1.72. The zero-order valence-corrected chi connectivity index (χ0v) is 12.7. The summed E-state index contributed by atoms with van der Waals surface area (Å²) in [4.78, 5) is 0. The molecule has 1 nitrogen and oxygen atoms in total. The Kier molecular flexibility index (Phi) is 2.83. The Hall–Kier alpha value is 0.0397. The molecule has 0 unspecified atom stereocenters. The van der Waals surface area contributed by atoms with Gasteiger partial charge >= 0.3 is 84.8 Å². The van der Waals surface area contributed by atoms with Gasteiger partial charge in [-0.05, 0) is 0 Å². The summed E-state index contributed by atoms with van der Waals surface area (Å²) in [7, 11) is -1.23. The van der Waals surface area contributed by atoms with Crippen LogP contribution in [0.1, 0.15) is 0 Å². The van der Waals surface area contributed by atoms with E-state index in [2.05, 4.69) is 49.0 Å². The van der Waals surface area contributed by atoms with Gasteiger partial charge in [0.25, 0.3) is 0 Å². The fraction of sp³-hybridized carbons (Fsp3) is 0.600. The molecular weight excluding hydrogens is 237 g/mol. The Labute approximate surface area is 84.9 Å². The van der Waals surface area contributed by atoms with Crippen LogP contribution in [0, 0.1) is 0 Å². The van der Waals surface area contributed by atoms with Crippen LogP contribution in [0.15, 0.2) is 16.5 Å². The maximum absolute atomic E-state index is 5.96. The molecule has 3 heteroatoms. The van der Waals surface area contributed by atoms with E-state index in [-0.39, 0.29) is 0 Å². The first kappa shape index (κ1) is 11.1. The normalized spacial score (nSPS) is 13.4. The molecule has 0 fully saturated rings. The topological polar surface area (TPSA) is 13.1 Å². The van der Waals surface area contributed by atoms with Crippen LogP contribution < -0.4 is 9.98 Å². The van der Waals surface area contributed by atoms with Gasteiger partial charge in [-0.3, -0.25) is 0 Å². The number of hydrogen-bond acceptors (Lipinski definition) is 1. The monoisotopic (exact) mass is 258 g/mol. The molecule has 0 radical (unpaired) electrons. The van der Waals surface area contributed by atoms with Crippen molar-refractivity contribution in [2.75, 3.05) is 0 Å². The van der Waals surface area contributed by atoms with Gasteiger partial charge in [-0.25, -0.2) is 0 Å². The van der Waals surface area contributed by atoms with Crippen molar-refractivity contribution in [1.82, 2.24) is 0 Å². The van der Waals surface area contributed by atoms with Gasteiger partial charge in [0, 0.05) is 0 Å². The summed E-state index contributed by atoms with van der Waals surface area (Å²) in [5.41, 5.74) is 0. The fourth-order valence-corrected chi connectivity index (χ4v) is 4.45. The molecule has 0 aromatic carbocycles. The van der Waals surface area contributed by atoms with Gasteiger partial charge in [0.2, 0.25) is 0 Å². The van der Waals surface area contributed by atoms with Gasteiger partial charge in [-0.15, -0.1) is 0 Å². The van der Waals surface area contributed by atoms with Gasteiger partial charge in [-0.2, -0.15) is 0 Å². The van der Waals surface area contributed by atoms with E-state index < -0.39 is 21.3 Å². The van der Waals surface area contributed by atoms with E-state index in [1.165, 1.54) is 9.98 Å².